The normalized spacial score (nSPS) is 19.5. The second kappa shape index (κ2) is 6.46. The van der Waals surface area contributed by atoms with Gasteiger partial charge < -0.3 is 14.0 Å². The van der Waals surface area contributed by atoms with E-state index in [0.717, 1.165) is 44.1 Å². The molecule has 3 heterocycles. The number of aryl methyl sites for hydroxylation is 1. The van der Waals surface area contributed by atoms with Gasteiger partial charge in [0, 0.05) is 51.2 Å². The van der Waals surface area contributed by atoms with E-state index in [2.05, 4.69) is 15.7 Å². The molecule has 128 valence electrons. The molecule has 0 spiro atoms. The van der Waals surface area contributed by atoms with Crippen LogP contribution in [0.25, 0.3) is 0 Å². The fourth-order valence-electron chi connectivity index (χ4n) is 3.97. The summed E-state index contributed by atoms with van der Waals surface area (Å²) in [7, 11) is 1.93. The monoisotopic (exact) mass is 326 g/mol. The van der Waals surface area contributed by atoms with Crippen molar-refractivity contribution in [1.82, 2.24) is 19.0 Å². The molecule has 4 rings (SSSR count). The minimum Gasteiger partial charge on any atom is -0.347 e. The maximum absolute atomic E-state index is 12.6. The largest absolute Gasteiger partial charge is 0.347 e. The quantitative estimate of drug-likeness (QED) is 0.867. The topological polar surface area (TPSA) is 43.1 Å². The van der Waals surface area contributed by atoms with Crippen LogP contribution in [0.1, 0.15) is 54.3 Å². The molecule has 1 aliphatic carbocycles. The number of amides is 1. The fraction of sp³-hybridized carbons (Fsp3) is 0.579. The number of likely N-dealkylation sites (tertiary alicyclic amines) is 1. The summed E-state index contributed by atoms with van der Waals surface area (Å²) in [5, 5.41) is 0. The summed E-state index contributed by atoms with van der Waals surface area (Å²) >= 11 is 0. The van der Waals surface area contributed by atoms with Crippen molar-refractivity contribution in [3.8, 4) is 0 Å². The number of carbonyl (C=O) groups excluding carboxylic acids is 1. The number of hydrogen-bond acceptors (Lipinski definition) is 2. The van der Waals surface area contributed by atoms with Gasteiger partial charge in [0.2, 0.25) is 0 Å². The number of rotatable bonds is 4. The van der Waals surface area contributed by atoms with E-state index in [1.165, 1.54) is 25.1 Å². The third-order valence-corrected chi connectivity index (χ3v) is 5.74. The molecule has 1 saturated carbocycles. The van der Waals surface area contributed by atoms with Crippen LogP contribution in [0.3, 0.4) is 0 Å². The van der Waals surface area contributed by atoms with Crippen molar-refractivity contribution in [2.45, 2.75) is 44.6 Å². The van der Waals surface area contributed by atoms with Crippen molar-refractivity contribution in [3.05, 3.63) is 42.2 Å². The van der Waals surface area contributed by atoms with Crippen molar-refractivity contribution >= 4 is 5.91 Å². The minimum absolute atomic E-state index is 0.152. The van der Waals surface area contributed by atoms with Gasteiger partial charge in [-0.15, -0.1) is 0 Å². The molecule has 24 heavy (non-hydrogen) atoms. The van der Waals surface area contributed by atoms with Gasteiger partial charge in [0.1, 0.15) is 11.5 Å². The SMILES string of the molecule is Cn1cccc1C(=O)N1CCC(c2nccn2CC2CCC2)CC1. The van der Waals surface area contributed by atoms with Crippen molar-refractivity contribution in [2.24, 2.45) is 13.0 Å². The predicted molar refractivity (Wildman–Crippen MR) is 92.9 cm³/mol. The number of piperidine rings is 1. The number of imidazole rings is 1. The zero-order valence-corrected chi connectivity index (χ0v) is 14.4. The molecule has 0 unspecified atom stereocenters. The lowest BCUT2D eigenvalue weighted by Gasteiger charge is -2.33. The molecule has 1 aliphatic heterocycles. The smallest absolute Gasteiger partial charge is 0.270 e. The third kappa shape index (κ3) is 2.87. The van der Waals surface area contributed by atoms with Gasteiger partial charge in [-0.05, 0) is 43.7 Å². The van der Waals surface area contributed by atoms with E-state index in [9.17, 15) is 4.79 Å². The standard InChI is InChI=1S/C19H26N4O/c1-21-10-3-6-17(21)19(24)22-11-7-16(8-12-22)18-20-9-13-23(18)14-15-4-2-5-15/h3,6,9-10,13,15-16H,2,4-5,7-8,11-12,14H2,1H3. The summed E-state index contributed by atoms with van der Waals surface area (Å²) < 4.78 is 4.27. The highest BCUT2D eigenvalue weighted by molar-refractivity contribution is 5.92. The zero-order valence-electron chi connectivity index (χ0n) is 14.4. The number of aromatic nitrogens is 3. The molecule has 5 heteroatoms. The third-order valence-electron chi connectivity index (χ3n) is 5.74. The highest BCUT2D eigenvalue weighted by Gasteiger charge is 2.28. The van der Waals surface area contributed by atoms with Gasteiger partial charge in [0.25, 0.3) is 5.91 Å². The van der Waals surface area contributed by atoms with Crippen LogP contribution in [0.5, 0.6) is 0 Å². The second-order valence-corrected chi connectivity index (χ2v) is 7.31. The molecule has 0 N–H and O–H groups in total. The molecule has 2 aromatic rings. The first-order valence-electron chi connectivity index (χ1n) is 9.14. The maximum Gasteiger partial charge on any atom is 0.270 e. The number of nitrogens with zero attached hydrogens (tertiary/aromatic N) is 4. The first-order chi connectivity index (χ1) is 11.7. The summed E-state index contributed by atoms with van der Waals surface area (Å²) in [6.07, 6.45) is 12.1. The van der Waals surface area contributed by atoms with E-state index < -0.39 is 0 Å². The summed E-state index contributed by atoms with van der Waals surface area (Å²) in [5.74, 6) is 2.71. The molecule has 1 amide bonds. The summed E-state index contributed by atoms with van der Waals surface area (Å²) in [6, 6.07) is 3.83. The summed E-state index contributed by atoms with van der Waals surface area (Å²) in [4.78, 5) is 19.2. The molecule has 2 fully saturated rings. The second-order valence-electron chi connectivity index (χ2n) is 7.31. The lowest BCUT2D eigenvalue weighted by atomic mass is 9.85. The zero-order chi connectivity index (χ0) is 16.5. The highest BCUT2D eigenvalue weighted by Crippen LogP contribution is 2.31. The van der Waals surface area contributed by atoms with Gasteiger partial charge in [0.15, 0.2) is 0 Å². The Morgan fingerprint density at radius 2 is 2.00 bits per heavy atom. The molecular formula is C19H26N4O. The Labute approximate surface area is 143 Å². The highest BCUT2D eigenvalue weighted by atomic mass is 16.2. The van der Waals surface area contributed by atoms with Gasteiger partial charge in [-0.1, -0.05) is 6.42 Å². The van der Waals surface area contributed by atoms with Crippen LogP contribution in [-0.2, 0) is 13.6 Å². The average molecular weight is 326 g/mol. The molecule has 0 radical (unpaired) electrons. The Bertz CT molecular complexity index is 705. The van der Waals surface area contributed by atoms with E-state index in [0.29, 0.717) is 5.92 Å². The van der Waals surface area contributed by atoms with Crippen molar-refractivity contribution in [2.75, 3.05) is 13.1 Å². The lowest BCUT2D eigenvalue weighted by molar-refractivity contribution is 0.0700. The van der Waals surface area contributed by atoms with Crippen LogP contribution < -0.4 is 0 Å². The van der Waals surface area contributed by atoms with Crippen LogP contribution in [0.4, 0.5) is 0 Å². The molecule has 0 aromatic carbocycles. The lowest BCUT2D eigenvalue weighted by Crippen LogP contribution is -2.39. The number of hydrogen-bond donors (Lipinski definition) is 0. The molecule has 0 atom stereocenters. The van der Waals surface area contributed by atoms with Gasteiger partial charge >= 0.3 is 0 Å². The Morgan fingerprint density at radius 3 is 2.62 bits per heavy atom. The fourth-order valence-corrected chi connectivity index (χ4v) is 3.97. The first-order valence-corrected chi connectivity index (χ1v) is 9.14. The van der Waals surface area contributed by atoms with E-state index in [1.807, 2.05) is 41.0 Å². The molecule has 2 aromatic heterocycles. The Morgan fingerprint density at radius 1 is 1.21 bits per heavy atom. The van der Waals surface area contributed by atoms with Crippen LogP contribution in [0.15, 0.2) is 30.7 Å². The Kier molecular flexibility index (Phi) is 4.17. The van der Waals surface area contributed by atoms with Crippen LogP contribution in [-0.4, -0.2) is 38.0 Å². The van der Waals surface area contributed by atoms with E-state index in [4.69, 9.17) is 0 Å². The van der Waals surface area contributed by atoms with E-state index in [1.54, 1.807) is 0 Å². The van der Waals surface area contributed by atoms with Crippen molar-refractivity contribution in [3.63, 3.8) is 0 Å². The molecular weight excluding hydrogens is 300 g/mol. The van der Waals surface area contributed by atoms with E-state index >= 15 is 0 Å². The maximum atomic E-state index is 12.6. The number of carbonyl (C=O) groups is 1. The van der Waals surface area contributed by atoms with Gasteiger partial charge in [-0.25, -0.2) is 4.98 Å². The van der Waals surface area contributed by atoms with Gasteiger partial charge in [-0.3, -0.25) is 4.79 Å². The minimum atomic E-state index is 0.152. The van der Waals surface area contributed by atoms with Crippen LogP contribution in [0.2, 0.25) is 0 Å². The molecule has 5 nitrogen and oxygen atoms in total. The molecule has 2 aliphatic rings. The summed E-state index contributed by atoms with van der Waals surface area (Å²) in [6.45, 7) is 2.77. The van der Waals surface area contributed by atoms with Crippen LogP contribution >= 0.6 is 0 Å². The van der Waals surface area contributed by atoms with Crippen molar-refractivity contribution in [1.29, 1.82) is 0 Å². The van der Waals surface area contributed by atoms with Crippen LogP contribution in [0, 0.1) is 5.92 Å². The van der Waals surface area contributed by atoms with Crippen molar-refractivity contribution < 1.29 is 4.79 Å². The first kappa shape index (κ1) is 15.5. The van der Waals surface area contributed by atoms with Gasteiger partial charge in [-0.2, -0.15) is 0 Å². The molecule has 0 bridgehead atoms. The van der Waals surface area contributed by atoms with Gasteiger partial charge in [0.05, 0.1) is 0 Å². The Hall–Kier alpha value is -2.04. The predicted octanol–water partition coefficient (Wildman–Crippen LogP) is 3.04. The summed E-state index contributed by atoms with van der Waals surface area (Å²) in [5.41, 5.74) is 0.778. The van der Waals surface area contributed by atoms with E-state index in [-0.39, 0.29) is 5.91 Å². The Balaban J connectivity index is 1.39. The molecule has 1 saturated heterocycles. The average Bonchev–Trinajstić information content (AvgIpc) is 3.19.